The summed E-state index contributed by atoms with van der Waals surface area (Å²) in [5, 5.41) is 41.5. The van der Waals surface area contributed by atoms with Gasteiger partial charge < -0.3 is 40.4 Å². The number of aromatic amines is 4. The van der Waals surface area contributed by atoms with Crippen molar-refractivity contribution in [1.82, 2.24) is 19.9 Å². The standard InChI is InChI=1S/C48H32N4O8/c53-45(54)29-9-1-25(2-10-29)41-33-17-19-35(49-33)42(26-3-11-30(12-4-26)46(55)56)37-21-23-39(51-37)44(28-7-15-32(16-8-28)48(59)60)40-24-22-38(52-40)43(36-20-18-34(41)50-36)27-5-13-31(14-6-27)47(57)58/h1-24,49-52H,(H,53,54)(H,55,56)(H,57,58)(H,59,60). The van der Waals surface area contributed by atoms with Gasteiger partial charge in [-0.05, 0) is 119 Å². The van der Waals surface area contributed by atoms with Crippen LogP contribution in [0.5, 0.6) is 0 Å². The van der Waals surface area contributed by atoms with Crippen LogP contribution in [0.25, 0.3) is 22.3 Å². The molecule has 1 aliphatic rings. The van der Waals surface area contributed by atoms with Crippen LogP contribution in [0.3, 0.4) is 0 Å². The van der Waals surface area contributed by atoms with Crippen LogP contribution < -0.4 is 21.4 Å². The van der Waals surface area contributed by atoms with Crippen molar-refractivity contribution in [2.24, 2.45) is 0 Å². The van der Waals surface area contributed by atoms with E-state index in [0.717, 1.165) is 44.5 Å². The Morgan fingerprint density at radius 1 is 0.267 bits per heavy atom. The predicted molar refractivity (Wildman–Crippen MR) is 222 cm³/mol. The van der Waals surface area contributed by atoms with Crippen LogP contribution in [0.2, 0.25) is 0 Å². The summed E-state index contributed by atoms with van der Waals surface area (Å²) in [6.07, 6.45) is 0. The molecule has 292 valence electrons. The first-order valence-electron chi connectivity index (χ1n) is 18.6. The molecule has 8 bridgehead atoms. The fourth-order valence-corrected chi connectivity index (χ4v) is 7.69. The highest BCUT2D eigenvalue weighted by Gasteiger charge is 2.20. The summed E-state index contributed by atoms with van der Waals surface area (Å²) in [6.45, 7) is 0. The van der Waals surface area contributed by atoms with Crippen LogP contribution in [0, 0.1) is 0 Å². The van der Waals surface area contributed by atoms with E-state index in [1.165, 1.54) is 0 Å². The van der Waals surface area contributed by atoms with Crippen molar-refractivity contribution in [3.63, 3.8) is 0 Å². The smallest absolute Gasteiger partial charge is 0.335 e. The first-order valence-corrected chi connectivity index (χ1v) is 18.6. The number of benzene rings is 4. The van der Waals surface area contributed by atoms with E-state index in [0.29, 0.717) is 44.2 Å². The molecule has 0 fully saturated rings. The highest BCUT2D eigenvalue weighted by atomic mass is 16.4. The zero-order chi connectivity index (χ0) is 41.7. The van der Waals surface area contributed by atoms with Crippen molar-refractivity contribution in [3.05, 3.63) is 234 Å². The van der Waals surface area contributed by atoms with Gasteiger partial charge in [0.15, 0.2) is 0 Å². The van der Waals surface area contributed by atoms with Crippen molar-refractivity contribution in [2.45, 2.75) is 0 Å². The third kappa shape index (κ3) is 6.69. The van der Waals surface area contributed by atoms with Gasteiger partial charge in [-0.25, -0.2) is 19.2 Å². The maximum absolute atomic E-state index is 11.8. The molecular weight excluding hydrogens is 761 g/mol. The van der Waals surface area contributed by atoms with Gasteiger partial charge in [0.2, 0.25) is 0 Å². The first kappa shape index (κ1) is 37.0. The Balaban J connectivity index is 1.40. The minimum atomic E-state index is -1.05. The summed E-state index contributed by atoms with van der Waals surface area (Å²) in [6, 6.07) is 41.8. The molecule has 0 amide bonds. The third-order valence-electron chi connectivity index (χ3n) is 10.6. The summed E-state index contributed by atoms with van der Waals surface area (Å²) in [5.41, 5.74) is 9.13. The van der Waals surface area contributed by atoms with Crippen LogP contribution in [-0.4, -0.2) is 64.2 Å². The largest absolute Gasteiger partial charge is 0.478 e. The predicted octanol–water partition coefficient (Wildman–Crippen LogP) is 5.09. The summed E-state index contributed by atoms with van der Waals surface area (Å²) in [7, 11) is 0. The second-order valence-corrected chi connectivity index (χ2v) is 14.2. The fraction of sp³-hybridized carbons (Fsp3) is 0. The molecule has 60 heavy (non-hydrogen) atoms. The lowest BCUT2D eigenvalue weighted by Crippen LogP contribution is -2.19. The molecule has 4 aromatic heterocycles. The van der Waals surface area contributed by atoms with Crippen molar-refractivity contribution < 1.29 is 39.6 Å². The lowest BCUT2D eigenvalue weighted by Gasteiger charge is -2.10. The number of nitrogens with one attached hydrogen (secondary N) is 4. The SMILES string of the molecule is O=C(O)c1ccc(C2=c3ccc([nH]3)=C(c3ccc(C(=O)O)cc3)c3ccc([nH]3)C(c3ccc(C(=O)O)cc3)=c3ccc([nH]3)=C(c3ccc(C(=O)O)cc3)c3ccc2[nH]3)cc1. The molecule has 0 unspecified atom stereocenters. The van der Waals surface area contributed by atoms with E-state index in [1.54, 1.807) is 97.1 Å². The topological polar surface area (TPSA) is 212 Å². The molecule has 12 heteroatoms. The molecule has 0 spiro atoms. The van der Waals surface area contributed by atoms with E-state index in [4.69, 9.17) is 0 Å². The zero-order valence-electron chi connectivity index (χ0n) is 31.3. The minimum Gasteiger partial charge on any atom is -0.478 e. The van der Waals surface area contributed by atoms with Crippen molar-refractivity contribution >= 4 is 46.2 Å². The monoisotopic (exact) mass is 792 g/mol. The molecule has 0 saturated carbocycles. The van der Waals surface area contributed by atoms with Gasteiger partial charge in [-0.1, -0.05) is 48.5 Å². The summed E-state index contributed by atoms with van der Waals surface area (Å²) >= 11 is 0. The molecule has 12 nitrogen and oxygen atoms in total. The highest BCUT2D eigenvalue weighted by molar-refractivity contribution is 5.92. The van der Waals surface area contributed by atoms with E-state index in [-0.39, 0.29) is 22.3 Å². The number of hydrogen-bond donors (Lipinski definition) is 8. The average molecular weight is 793 g/mol. The van der Waals surface area contributed by atoms with Crippen molar-refractivity contribution in [3.8, 4) is 0 Å². The number of aromatic nitrogens is 4. The van der Waals surface area contributed by atoms with Gasteiger partial charge in [0.1, 0.15) is 0 Å². The van der Waals surface area contributed by atoms with Gasteiger partial charge in [-0.15, -0.1) is 0 Å². The number of hydrogen-bond acceptors (Lipinski definition) is 4. The Kier molecular flexibility index (Phi) is 9.06. The van der Waals surface area contributed by atoms with Crippen molar-refractivity contribution in [2.75, 3.05) is 0 Å². The van der Waals surface area contributed by atoms with Crippen LogP contribution in [-0.2, 0) is 0 Å². The fourth-order valence-electron chi connectivity index (χ4n) is 7.69. The lowest BCUT2D eigenvalue weighted by atomic mass is 10.0. The molecule has 0 saturated heterocycles. The van der Waals surface area contributed by atoms with Gasteiger partial charge in [0.05, 0.1) is 22.3 Å². The Bertz CT molecular complexity index is 2850. The molecular formula is C48H32N4O8. The summed E-state index contributed by atoms with van der Waals surface area (Å²) < 4.78 is 0. The molecule has 8 N–H and O–H groups in total. The third-order valence-corrected chi connectivity index (χ3v) is 10.6. The molecule has 9 rings (SSSR count). The van der Waals surface area contributed by atoms with Gasteiger partial charge in [-0.2, -0.15) is 0 Å². The Hall–Kier alpha value is -8.64. The van der Waals surface area contributed by atoms with Crippen LogP contribution in [0.4, 0.5) is 0 Å². The number of fused-ring (bicyclic) bond motifs is 8. The highest BCUT2D eigenvalue weighted by Crippen LogP contribution is 2.28. The second kappa shape index (κ2) is 14.7. The Labute approximate surface area is 339 Å². The van der Waals surface area contributed by atoms with Gasteiger partial charge in [0, 0.05) is 66.5 Å². The number of carboxylic acids is 4. The molecule has 1 aliphatic heterocycles. The molecule has 5 heterocycles. The summed E-state index contributed by atoms with van der Waals surface area (Å²) in [4.78, 5) is 61.8. The van der Waals surface area contributed by atoms with Crippen LogP contribution in [0.1, 0.15) is 86.5 Å². The molecule has 0 atom stereocenters. The molecule has 4 aromatic carbocycles. The quantitative estimate of drug-likeness (QED) is 0.104. The normalized spacial score (nSPS) is 12.4. The van der Waals surface area contributed by atoms with E-state index >= 15 is 0 Å². The lowest BCUT2D eigenvalue weighted by molar-refractivity contribution is 0.0686. The van der Waals surface area contributed by atoms with E-state index in [1.807, 2.05) is 48.5 Å². The molecule has 0 aliphatic carbocycles. The Morgan fingerprint density at radius 3 is 0.650 bits per heavy atom. The average Bonchev–Trinajstić information content (AvgIpc) is 4.10. The van der Waals surface area contributed by atoms with Gasteiger partial charge in [0.25, 0.3) is 0 Å². The maximum Gasteiger partial charge on any atom is 0.335 e. The second-order valence-electron chi connectivity index (χ2n) is 14.2. The van der Waals surface area contributed by atoms with E-state index < -0.39 is 23.9 Å². The van der Waals surface area contributed by atoms with Crippen LogP contribution >= 0.6 is 0 Å². The molecule has 8 aromatic rings. The number of rotatable bonds is 8. The van der Waals surface area contributed by atoms with Crippen LogP contribution in [0.15, 0.2) is 146 Å². The summed E-state index contributed by atoms with van der Waals surface area (Å²) in [5.74, 6) is -4.21. The Morgan fingerprint density at radius 2 is 0.467 bits per heavy atom. The van der Waals surface area contributed by atoms with Gasteiger partial charge in [-0.3, -0.25) is 0 Å². The van der Waals surface area contributed by atoms with E-state index in [9.17, 15) is 39.6 Å². The minimum absolute atomic E-state index is 0.131. The number of carboxylic acid groups (broad SMARTS) is 4. The van der Waals surface area contributed by atoms with Gasteiger partial charge >= 0.3 is 23.9 Å². The zero-order valence-corrected chi connectivity index (χ0v) is 31.3. The number of carbonyl (C=O) groups is 4. The maximum atomic E-state index is 11.8. The molecule has 0 radical (unpaired) electrons. The van der Waals surface area contributed by atoms with E-state index in [2.05, 4.69) is 19.9 Å². The van der Waals surface area contributed by atoms with Crippen molar-refractivity contribution in [1.29, 1.82) is 0 Å². The first-order chi connectivity index (χ1) is 29.0. The number of H-pyrrole nitrogens is 4. The number of aromatic carboxylic acids is 4.